The molecule has 37 heavy (non-hydrogen) atoms. The van der Waals surface area contributed by atoms with Gasteiger partial charge in [-0.05, 0) is 36.8 Å². The number of halogens is 3. The van der Waals surface area contributed by atoms with Crippen LogP contribution in [0.2, 0.25) is 0 Å². The molecule has 0 unspecified atom stereocenters. The molecule has 0 aliphatic carbocycles. The Hall–Kier alpha value is -4.39. The third-order valence-corrected chi connectivity index (χ3v) is 6.48. The van der Waals surface area contributed by atoms with E-state index >= 15 is 0 Å². The lowest BCUT2D eigenvalue weighted by Crippen LogP contribution is -2.15. The van der Waals surface area contributed by atoms with Gasteiger partial charge in [0.05, 0.1) is 11.4 Å². The zero-order chi connectivity index (χ0) is 26.8. The van der Waals surface area contributed by atoms with E-state index in [9.17, 15) is 26.4 Å². The molecule has 0 bridgehead atoms. The Bertz CT molecular complexity index is 1530. The van der Waals surface area contributed by atoms with Crippen molar-refractivity contribution in [2.45, 2.75) is 18.9 Å². The van der Waals surface area contributed by atoms with Gasteiger partial charge in [0.25, 0.3) is 5.91 Å². The third kappa shape index (κ3) is 6.25. The summed E-state index contributed by atoms with van der Waals surface area (Å²) in [4.78, 5) is 15.7. The first-order valence-corrected chi connectivity index (χ1v) is 12.4. The summed E-state index contributed by atoms with van der Waals surface area (Å²) in [5, 5.41) is 9.19. The van der Waals surface area contributed by atoms with Crippen molar-refractivity contribution in [3.8, 4) is 11.3 Å². The first-order valence-electron chi connectivity index (χ1n) is 10.8. The zero-order valence-corrected chi connectivity index (χ0v) is 20.1. The van der Waals surface area contributed by atoms with Crippen LogP contribution in [0.25, 0.3) is 11.3 Å². The molecule has 0 spiro atoms. The van der Waals surface area contributed by atoms with E-state index in [0.29, 0.717) is 16.8 Å². The Morgan fingerprint density at radius 2 is 1.70 bits per heavy atom. The molecular weight excluding hydrogens is 509 g/mol. The number of alkyl halides is 3. The Labute approximate surface area is 210 Å². The van der Waals surface area contributed by atoms with Crippen molar-refractivity contribution in [2.75, 3.05) is 10.0 Å². The van der Waals surface area contributed by atoms with E-state index in [2.05, 4.69) is 25.2 Å². The smallest absolute Gasteiger partial charge is 0.365 e. The molecule has 2 heterocycles. The minimum atomic E-state index is -4.65. The van der Waals surface area contributed by atoms with E-state index in [1.165, 1.54) is 30.3 Å². The molecule has 9 nitrogen and oxygen atoms in total. The second-order valence-corrected chi connectivity index (χ2v) is 9.86. The normalized spacial score (nSPS) is 11.8. The lowest BCUT2D eigenvalue weighted by atomic mass is 10.1. The van der Waals surface area contributed by atoms with Crippen LogP contribution in [0, 0.1) is 6.92 Å². The quantitative estimate of drug-likeness (QED) is 0.263. The Kier molecular flexibility index (Phi) is 6.90. The minimum Gasteiger partial charge on any atom is -0.365 e. The van der Waals surface area contributed by atoms with Gasteiger partial charge in [0.15, 0.2) is 5.82 Å². The molecule has 0 radical (unpaired) electrons. The second-order valence-electron chi connectivity index (χ2n) is 8.14. The number of rotatable bonds is 8. The van der Waals surface area contributed by atoms with E-state index in [0.717, 1.165) is 17.7 Å². The zero-order valence-electron chi connectivity index (χ0n) is 19.3. The Balaban J connectivity index is 1.54. The number of aryl methyl sites for hydroxylation is 1. The van der Waals surface area contributed by atoms with Crippen molar-refractivity contribution < 1.29 is 26.4 Å². The maximum atomic E-state index is 13.0. The summed E-state index contributed by atoms with van der Waals surface area (Å²) in [7, 11) is -3.69. The van der Waals surface area contributed by atoms with Crippen LogP contribution in [-0.4, -0.2) is 29.5 Å². The highest BCUT2D eigenvalue weighted by atomic mass is 32.2. The van der Waals surface area contributed by atoms with Gasteiger partial charge in [-0.1, -0.05) is 48.0 Å². The van der Waals surface area contributed by atoms with Crippen molar-refractivity contribution in [1.82, 2.24) is 15.2 Å². The highest BCUT2D eigenvalue weighted by Crippen LogP contribution is 2.31. The summed E-state index contributed by atoms with van der Waals surface area (Å²) < 4.78 is 66.5. The number of primary amides is 1. The van der Waals surface area contributed by atoms with Crippen LogP contribution in [0.5, 0.6) is 0 Å². The SMILES string of the molecule is Cc1ccc(CS(=O)(=O)Nc2ccc(-c3[nH]nc(Nc4cccc(C(F)(F)F)n4)c3C(N)=O)cc2)cc1. The molecule has 1 amide bonds. The largest absolute Gasteiger partial charge is 0.433 e. The molecule has 0 saturated carbocycles. The minimum absolute atomic E-state index is 0.105. The van der Waals surface area contributed by atoms with Crippen LogP contribution in [0.4, 0.5) is 30.5 Å². The molecule has 0 atom stereocenters. The van der Waals surface area contributed by atoms with Crippen molar-refractivity contribution in [2.24, 2.45) is 5.73 Å². The van der Waals surface area contributed by atoms with E-state index in [1.54, 1.807) is 12.1 Å². The standard InChI is InChI=1S/C24H21F3N6O3S/c1-14-5-7-15(8-6-14)13-37(35,36)33-17-11-9-16(10-12-17)21-20(22(28)34)23(32-31-21)30-19-4-2-3-18(29-19)24(25,26)27/h2-12,33H,13H2,1H3,(H2,28,34)(H2,29,30,31,32). The third-order valence-electron chi connectivity index (χ3n) is 5.22. The first kappa shape index (κ1) is 25.7. The molecule has 0 saturated heterocycles. The second kappa shape index (κ2) is 9.93. The van der Waals surface area contributed by atoms with E-state index in [-0.39, 0.29) is 28.6 Å². The number of aromatic amines is 1. The van der Waals surface area contributed by atoms with Crippen molar-refractivity contribution in [1.29, 1.82) is 0 Å². The summed E-state index contributed by atoms with van der Waals surface area (Å²) in [6.07, 6.45) is -4.65. The number of nitrogens with two attached hydrogens (primary N) is 1. The number of nitrogens with one attached hydrogen (secondary N) is 3. The number of aromatic nitrogens is 3. The molecule has 0 aliphatic heterocycles. The fourth-order valence-corrected chi connectivity index (χ4v) is 4.69. The number of hydrogen-bond donors (Lipinski definition) is 4. The number of carbonyl (C=O) groups excluding carboxylic acids is 1. The Morgan fingerprint density at radius 1 is 1.03 bits per heavy atom. The summed E-state index contributed by atoms with van der Waals surface area (Å²) in [5.74, 6) is -1.40. The first-order chi connectivity index (χ1) is 17.4. The number of sulfonamides is 1. The number of carbonyl (C=O) groups is 1. The van der Waals surface area contributed by atoms with E-state index in [4.69, 9.17) is 5.73 Å². The molecule has 13 heteroatoms. The van der Waals surface area contributed by atoms with E-state index < -0.39 is 27.8 Å². The molecule has 2 aromatic carbocycles. The molecule has 4 aromatic rings. The maximum Gasteiger partial charge on any atom is 0.433 e. The van der Waals surface area contributed by atoms with Gasteiger partial charge < -0.3 is 11.1 Å². The van der Waals surface area contributed by atoms with Gasteiger partial charge in [0, 0.05) is 11.3 Å². The number of nitrogens with zero attached hydrogens (tertiary/aromatic N) is 2. The predicted molar refractivity (Wildman–Crippen MR) is 132 cm³/mol. The van der Waals surface area contributed by atoms with Crippen LogP contribution in [0.15, 0.2) is 66.7 Å². The van der Waals surface area contributed by atoms with Crippen LogP contribution in [0.3, 0.4) is 0 Å². The molecule has 2 aromatic heterocycles. The number of amides is 1. The average Bonchev–Trinajstić information content (AvgIpc) is 3.24. The Morgan fingerprint density at radius 3 is 2.32 bits per heavy atom. The number of pyridine rings is 1. The van der Waals surface area contributed by atoms with Crippen LogP contribution < -0.4 is 15.8 Å². The molecular formula is C24H21F3N6O3S. The average molecular weight is 531 g/mol. The summed E-state index contributed by atoms with van der Waals surface area (Å²) in [5.41, 5.74) is 6.87. The topological polar surface area (TPSA) is 143 Å². The highest BCUT2D eigenvalue weighted by Gasteiger charge is 2.32. The van der Waals surface area contributed by atoms with E-state index in [1.807, 2.05) is 19.1 Å². The van der Waals surface area contributed by atoms with Crippen molar-refractivity contribution in [3.05, 3.63) is 89.1 Å². The van der Waals surface area contributed by atoms with Gasteiger partial charge in [-0.25, -0.2) is 13.4 Å². The monoisotopic (exact) mass is 530 g/mol. The summed E-state index contributed by atoms with van der Waals surface area (Å²) >= 11 is 0. The van der Waals surface area contributed by atoms with Crippen molar-refractivity contribution >= 4 is 33.3 Å². The number of benzene rings is 2. The van der Waals surface area contributed by atoms with Crippen LogP contribution in [0.1, 0.15) is 27.2 Å². The predicted octanol–water partition coefficient (Wildman–Crippen LogP) is 4.58. The van der Waals surface area contributed by atoms with Gasteiger partial charge in [0.2, 0.25) is 10.0 Å². The van der Waals surface area contributed by atoms with Gasteiger partial charge in [-0.2, -0.15) is 18.3 Å². The number of H-pyrrole nitrogens is 1. The van der Waals surface area contributed by atoms with Gasteiger partial charge >= 0.3 is 6.18 Å². The fourth-order valence-electron chi connectivity index (χ4n) is 3.49. The number of hydrogen-bond acceptors (Lipinski definition) is 6. The number of anilines is 3. The van der Waals surface area contributed by atoms with Crippen LogP contribution >= 0.6 is 0 Å². The van der Waals surface area contributed by atoms with Gasteiger partial charge in [-0.3, -0.25) is 14.6 Å². The molecule has 192 valence electrons. The maximum absolute atomic E-state index is 13.0. The summed E-state index contributed by atoms with van der Waals surface area (Å²) in [6.45, 7) is 1.91. The molecule has 5 N–H and O–H groups in total. The van der Waals surface area contributed by atoms with Crippen LogP contribution in [-0.2, 0) is 22.0 Å². The molecule has 0 aliphatic rings. The lowest BCUT2D eigenvalue weighted by Gasteiger charge is -2.10. The van der Waals surface area contributed by atoms with Gasteiger partial charge in [-0.15, -0.1) is 0 Å². The highest BCUT2D eigenvalue weighted by molar-refractivity contribution is 7.91. The lowest BCUT2D eigenvalue weighted by molar-refractivity contribution is -0.141. The molecule has 0 fully saturated rings. The summed E-state index contributed by atoms with van der Waals surface area (Å²) in [6, 6.07) is 16.5. The van der Waals surface area contributed by atoms with Crippen molar-refractivity contribution in [3.63, 3.8) is 0 Å². The fraction of sp³-hybridized carbons (Fsp3) is 0.125. The molecule has 4 rings (SSSR count). The van der Waals surface area contributed by atoms with Gasteiger partial charge in [0.1, 0.15) is 17.1 Å².